The molecule has 0 N–H and O–H groups in total. The van der Waals surface area contributed by atoms with Gasteiger partial charge in [0.05, 0.1) is 35.0 Å². The average molecular weight is 1360 g/mol. The van der Waals surface area contributed by atoms with E-state index in [1.807, 2.05) is 39.8 Å². The lowest BCUT2D eigenvalue weighted by atomic mass is 10.1. The van der Waals surface area contributed by atoms with Crippen LogP contribution < -0.4 is 0 Å². The molecule has 0 aliphatic heterocycles. The fourth-order valence-electron chi connectivity index (χ4n) is 10.8. The number of nitrogens with zero attached hydrogens (tertiary/aromatic N) is 3. The van der Waals surface area contributed by atoms with Gasteiger partial charge in [0, 0.05) is 19.6 Å². The molecule has 0 aromatic carbocycles. The van der Waals surface area contributed by atoms with E-state index in [9.17, 15) is 28.8 Å². The number of hydrogen-bond acceptors (Lipinski definition) is 18. The first kappa shape index (κ1) is 89.8. The Morgan fingerprint density at radius 1 is 0.272 bits per heavy atom. The molecule has 0 bridgehead atoms. The number of rotatable bonds is 71. The maximum atomic E-state index is 13.0. The van der Waals surface area contributed by atoms with E-state index in [0.29, 0.717) is 39.1 Å². The number of thioether (sulfide) groups is 3. The molecule has 0 saturated heterocycles. The topological polar surface area (TPSA) is 168 Å². The molecule has 0 amide bonds. The summed E-state index contributed by atoms with van der Waals surface area (Å²) in [5.74, 6) is 0.642. The maximum Gasteiger partial charge on any atom is 0.318 e. The molecule has 0 aromatic heterocycles. The van der Waals surface area contributed by atoms with Crippen molar-refractivity contribution in [2.75, 3.05) is 117 Å². The number of ether oxygens (including phenoxy) is 6. The Kier molecular flexibility index (Phi) is 67.0. The van der Waals surface area contributed by atoms with E-state index < -0.39 is 11.9 Å². The summed E-state index contributed by atoms with van der Waals surface area (Å²) in [4.78, 5) is 83.5. The fraction of sp³-hybridized carbons (Fsp3) is 0.919. The highest BCUT2D eigenvalue weighted by Crippen LogP contribution is 2.21. The normalized spacial score (nSPS) is 12.6. The first-order valence-electron chi connectivity index (χ1n) is 37.6. The van der Waals surface area contributed by atoms with E-state index >= 15 is 0 Å². The predicted octanol–water partition coefficient (Wildman–Crippen LogP) is 17.8. The van der Waals surface area contributed by atoms with Gasteiger partial charge >= 0.3 is 35.8 Å². The second kappa shape index (κ2) is 68.7. The average Bonchev–Trinajstić information content (AvgIpc) is 3.67. The lowest BCUT2D eigenvalue weighted by Crippen LogP contribution is -2.35. The minimum Gasteiger partial charge on any atom is -0.462 e. The molecule has 92 heavy (non-hydrogen) atoms. The zero-order valence-corrected chi connectivity index (χ0v) is 63.0. The Bertz CT molecular complexity index is 1650. The first-order valence-corrected chi connectivity index (χ1v) is 40.8. The van der Waals surface area contributed by atoms with Crippen molar-refractivity contribution in [2.45, 2.75) is 321 Å². The third-order valence-electron chi connectivity index (χ3n) is 16.8. The number of unbranched alkanes of at least 4 members (excludes halogenated alkanes) is 33. The van der Waals surface area contributed by atoms with Crippen LogP contribution in [0.25, 0.3) is 0 Å². The summed E-state index contributed by atoms with van der Waals surface area (Å²) >= 11 is 4.84. The van der Waals surface area contributed by atoms with Crippen molar-refractivity contribution < 1.29 is 57.2 Å². The minimum absolute atomic E-state index is 0.00726. The molecular formula is C74H141N3O12S3. The van der Waals surface area contributed by atoms with Gasteiger partial charge in [-0.1, -0.05) is 233 Å². The Hall–Kier alpha value is -2.25. The number of carbonyl (C=O) groups is 6. The van der Waals surface area contributed by atoms with Crippen LogP contribution in [-0.2, 0) is 57.2 Å². The lowest BCUT2D eigenvalue weighted by molar-refractivity contribution is -0.152. The first-order chi connectivity index (χ1) is 44.7. The summed E-state index contributed by atoms with van der Waals surface area (Å²) in [6.45, 7) is 16.3. The maximum absolute atomic E-state index is 13.0. The molecule has 542 valence electrons. The van der Waals surface area contributed by atoms with Crippen molar-refractivity contribution in [3.05, 3.63) is 0 Å². The van der Waals surface area contributed by atoms with Crippen molar-refractivity contribution in [3.8, 4) is 0 Å². The molecule has 0 radical (unpaired) electrons. The van der Waals surface area contributed by atoms with E-state index in [1.54, 1.807) is 35.3 Å². The zero-order valence-electron chi connectivity index (χ0n) is 60.5. The highest BCUT2D eigenvalue weighted by Gasteiger charge is 2.20. The fourth-order valence-corrected chi connectivity index (χ4v) is 13.6. The second-order valence-corrected chi connectivity index (χ2v) is 30.2. The van der Waals surface area contributed by atoms with Crippen LogP contribution in [-0.4, -0.2) is 183 Å². The standard InChI is InChI=1S/C74H141N3O12S3/c1-9-12-15-18-21-24-27-30-33-36-39-42-63-90-66(4)72(81)87-60-57-84-69(78)47-54-76(51-45-50-75(7)8)52-46-53-77(55-48-70(79)85-58-61-88-73(82)67(5)91-64-43-40-37-34-31-28-25-22-19-16-13-10-2)56-49-71(80)86-59-62-89-74(83)68(6)92-65-44-41-38-35-32-29-26-23-20-17-14-11-3/h66-68H,9-65H2,1-8H3. The second-order valence-electron chi connectivity index (χ2n) is 25.8. The van der Waals surface area contributed by atoms with Gasteiger partial charge in [-0.15, -0.1) is 35.3 Å². The van der Waals surface area contributed by atoms with Crippen molar-refractivity contribution in [3.63, 3.8) is 0 Å². The van der Waals surface area contributed by atoms with Gasteiger partial charge in [-0.25, -0.2) is 0 Å². The molecule has 3 atom stereocenters. The van der Waals surface area contributed by atoms with Gasteiger partial charge in [-0.3, -0.25) is 28.8 Å². The molecule has 18 heteroatoms. The molecule has 0 heterocycles. The molecule has 3 unspecified atom stereocenters. The summed E-state index contributed by atoms with van der Waals surface area (Å²) in [5, 5.41) is -0.859. The van der Waals surface area contributed by atoms with Crippen molar-refractivity contribution in [2.24, 2.45) is 0 Å². The molecule has 0 aliphatic carbocycles. The quantitative estimate of drug-likeness (QED) is 0.0320. The number of esters is 6. The summed E-state index contributed by atoms with van der Waals surface area (Å²) in [6.07, 6.45) is 48.6. The van der Waals surface area contributed by atoms with Crippen molar-refractivity contribution in [1.82, 2.24) is 14.7 Å². The molecular weight excluding hydrogens is 1220 g/mol. The molecule has 0 spiro atoms. The van der Waals surface area contributed by atoms with E-state index in [2.05, 4.69) is 30.6 Å². The van der Waals surface area contributed by atoms with E-state index in [0.717, 1.165) is 56.0 Å². The molecule has 15 nitrogen and oxygen atoms in total. The van der Waals surface area contributed by atoms with Crippen LogP contribution in [0.15, 0.2) is 0 Å². The Morgan fingerprint density at radius 2 is 0.478 bits per heavy atom. The van der Waals surface area contributed by atoms with Gasteiger partial charge in [0.25, 0.3) is 0 Å². The molecule has 0 aliphatic rings. The SMILES string of the molecule is CCCCCCCCCCCCCCSC(C)C(=O)OCCOC(=O)CCN(CCCN(C)C)CCCN(CCC(=O)OCCOC(=O)C(C)SCCCCCCCCCCCCCC)CCC(=O)OCCOC(=O)C(C)SCCCCCCCCCCCCCC. The predicted molar refractivity (Wildman–Crippen MR) is 389 cm³/mol. The van der Waals surface area contributed by atoms with Crippen LogP contribution in [0.3, 0.4) is 0 Å². The van der Waals surface area contributed by atoms with Gasteiger partial charge in [-0.05, 0) is 110 Å². The Morgan fingerprint density at radius 3 is 0.717 bits per heavy atom. The van der Waals surface area contributed by atoms with Crippen LogP contribution in [0.1, 0.15) is 305 Å². The summed E-state index contributed by atoms with van der Waals surface area (Å²) in [6, 6.07) is 0. The largest absolute Gasteiger partial charge is 0.462 e. The number of hydrogen-bond donors (Lipinski definition) is 0. The van der Waals surface area contributed by atoms with E-state index in [-0.39, 0.29) is 98.5 Å². The van der Waals surface area contributed by atoms with E-state index in [4.69, 9.17) is 28.4 Å². The van der Waals surface area contributed by atoms with E-state index in [1.165, 1.54) is 212 Å². The van der Waals surface area contributed by atoms with Crippen LogP contribution in [0, 0.1) is 0 Å². The van der Waals surface area contributed by atoms with Crippen molar-refractivity contribution in [1.29, 1.82) is 0 Å². The van der Waals surface area contributed by atoms with Crippen LogP contribution in [0.2, 0.25) is 0 Å². The van der Waals surface area contributed by atoms with Crippen molar-refractivity contribution >= 4 is 71.1 Å². The summed E-state index contributed by atoms with van der Waals surface area (Å²) in [5.41, 5.74) is 0. The highest BCUT2D eigenvalue weighted by molar-refractivity contribution is 8.01. The monoisotopic (exact) mass is 1360 g/mol. The highest BCUT2D eigenvalue weighted by atomic mass is 32.2. The van der Waals surface area contributed by atoms with Gasteiger partial charge in [-0.2, -0.15) is 0 Å². The van der Waals surface area contributed by atoms with Gasteiger partial charge in [0.1, 0.15) is 39.6 Å². The van der Waals surface area contributed by atoms with Crippen LogP contribution in [0.5, 0.6) is 0 Å². The lowest BCUT2D eigenvalue weighted by Gasteiger charge is -2.26. The molecule has 0 saturated carbocycles. The Balaban J connectivity index is 5.06. The van der Waals surface area contributed by atoms with Crippen LogP contribution in [0.4, 0.5) is 0 Å². The van der Waals surface area contributed by atoms with Gasteiger partial charge in [0.2, 0.25) is 0 Å². The molecule has 0 fully saturated rings. The van der Waals surface area contributed by atoms with Crippen LogP contribution >= 0.6 is 35.3 Å². The summed E-state index contributed by atoms with van der Waals surface area (Å²) in [7, 11) is 4.06. The number of carbonyl (C=O) groups excluding carboxylic acids is 6. The zero-order chi connectivity index (χ0) is 67.6. The smallest absolute Gasteiger partial charge is 0.318 e. The third-order valence-corrected chi connectivity index (χ3v) is 20.4. The Labute approximate surface area is 577 Å². The van der Waals surface area contributed by atoms with Gasteiger partial charge in [0.15, 0.2) is 0 Å². The molecule has 0 aromatic rings. The third kappa shape index (κ3) is 62.5. The minimum atomic E-state index is -0.427. The molecule has 0 rings (SSSR count). The summed E-state index contributed by atoms with van der Waals surface area (Å²) < 4.78 is 32.9. The van der Waals surface area contributed by atoms with Gasteiger partial charge < -0.3 is 43.1 Å².